The molecule has 0 amide bonds. The van der Waals surface area contributed by atoms with Crippen molar-refractivity contribution in [2.75, 3.05) is 6.61 Å². The van der Waals surface area contributed by atoms with Crippen LogP contribution < -0.4 is 0 Å². The van der Waals surface area contributed by atoms with Gasteiger partial charge in [-0.25, -0.2) is 0 Å². The number of ether oxygens (including phenoxy) is 1. The number of hydrogen-bond donors (Lipinski definition) is 0. The first-order valence-electron chi connectivity index (χ1n) is 7.29. The second-order valence-corrected chi connectivity index (χ2v) is 10.5. The molecule has 0 rings (SSSR count). The van der Waals surface area contributed by atoms with Gasteiger partial charge in [-0.1, -0.05) is 65.1 Å². The fourth-order valence-electron chi connectivity index (χ4n) is 2.20. The van der Waals surface area contributed by atoms with Gasteiger partial charge in [0, 0.05) is 6.04 Å². The van der Waals surface area contributed by atoms with Crippen LogP contribution in [0.4, 0.5) is 0 Å². The minimum atomic E-state index is -1.33. The molecule has 0 unspecified atom stereocenters. The molecule has 0 aromatic carbocycles. The van der Waals surface area contributed by atoms with Crippen LogP contribution in [0.1, 0.15) is 53.4 Å². The van der Waals surface area contributed by atoms with Gasteiger partial charge in [0.15, 0.2) is 0 Å². The van der Waals surface area contributed by atoms with Gasteiger partial charge in [0.05, 0.1) is 14.7 Å². The third kappa shape index (κ3) is 6.87. The first-order chi connectivity index (χ1) is 8.14. The molecule has 0 aromatic heterocycles. The molecular weight excluding hydrogens is 228 g/mol. The molecule has 102 valence electrons. The lowest BCUT2D eigenvalue weighted by molar-refractivity contribution is -0.141. The Morgan fingerprint density at radius 3 is 2.00 bits per heavy atom. The Hall–Kier alpha value is -0.313. The van der Waals surface area contributed by atoms with Crippen molar-refractivity contribution < 1.29 is 9.53 Å². The molecule has 3 heteroatoms. The molecular formula is C14H30O2Si. The average molecular weight is 258 g/mol. The van der Waals surface area contributed by atoms with Gasteiger partial charge in [0.1, 0.15) is 0 Å². The number of hydrogen-bond acceptors (Lipinski definition) is 2. The molecule has 2 nitrogen and oxygen atoms in total. The van der Waals surface area contributed by atoms with Crippen LogP contribution in [-0.2, 0) is 9.53 Å². The first kappa shape index (κ1) is 16.7. The predicted octanol–water partition coefficient (Wildman–Crippen LogP) is 4.62. The summed E-state index contributed by atoms with van der Waals surface area (Å²) < 4.78 is 5.35. The van der Waals surface area contributed by atoms with Crippen LogP contribution >= 0.6 is 0 Å². The van der Waals surface area contributed by atoms with Crippen LogP contribution in [-0.4, -0.2) is 20.7 Å². The zero-order chi connectivity index (χ0) is 13.1. The fourth-order valence-corrected chi connectivity index (χ4v) is 5.16. The van der Waals surface area contributed by atoms with Crippen molar-refractivity contribution in [1.29, 1.82) is 0 Å². The predicted molar refractivity (Wildman–Crippen MR) is 77.1 cm³/mol. The molecule has 0 atom stereocenters. The number of unbranched alkanes of at least 4 members (excludes halogenated alkanes) is 3. The van der Waals surface area contributed by atoms with Crippen molar-refractivity contribution in [1.82, 2.24) is 0 Å². The van der Waals surface area contributed by atoms with Crippen molar-refractivity contribution in [2.45, 2.75) is 77.6 Å². The van der Waals surface area contributed by atoms with E-state index in [1.54, 1.807) is 0 Å². The summed E-state index contributed by atoms with van der Waals surface area (Å²) in [6, 6.07) is 4.32. The molecule has 0 fully saturated rings. The zero-order valence-corrected chi connectivity index (χ0v) is 13.2. The van der Waals surface area contributed by atoms with Gasteiger partial charge >= 0.3 is 5.97 Å². The van der Waals surface area contributed by atoms with Crippen molar-refractivity contribution in [2.24, 2.45) is 0 Å². The van der Waals surface area contributed by atoms with Crippen LogP contribution in [0.3, 0.4) is 0 Å². The minimum Gasteiger partial charge on any atom is -0.466 e. The summed E-state index contributed by atoms with van der Waals surface area (Å²) in [5, 5.41) is 0. The summed E-state index contributed by atoms with van der Waals surface area (Å²) in [6.45, 7) is 9.51. The highest BCUT2D eigenvalue weighted by Gasteiger charge is 2.30. The highest BCUT2D eigenvalue weighted by Crippen LogP contribution is 2.25. The average Bonchev–Trinajstić information content (AvgIpc) is 2.36. The molecule has 0 heterocycles. The Balaban J connectivity index is 3.83. The third-order valence-corrected chi connectivity index (χ3v) is 9.57. The van der Waals surface area contributed by atoms with E-state index in [-0.39, 0.29) is 5.97 Å². The monoisotopic (exact) mass is 258 g/mol. The highest BCUT2D eigenvalue weighted by atomic mass is 28.3. The van der Waals surface area contributed by atoms with E-state index >= 15 is 0 Å². The molecule has 17 heavy (non-hydrogen) atoms. The van der Waals surface area contributed by atoms with E-state index in [1.807, 2.05) is 0 Å². The number of rotatable bonds is 10. The summed E-state index contributed by atoms with van der Waals surface area (Å²) in [4.78, 5) is 11.8. The molecule has 0 aromatic rings. The quantitative estimate of drug-likeness (QED) is 0.325. The van der Waals surface area contributed by atoms with Gasteiger partial charge in [-0.15, -0.1) is 0 Å². The first-order valence-corrected chi connectivity index (χ1v) is 10.1. The summed E-state index contributed by atoms with van der Waals surface area (Å²) in [5.74, 6) is 0.0544. The lowest BCUT2D eigenvalue weighted by atomic mass is 10.2. The number of carbonyl (C=O) groups excluding carboxylic acids is 1. The van der Waals surface area contributed by atoms with Crippen molar-refractivity contribution in [3.05, 3.63) is 0 Å². The van der Waals surface area contributed by atoms with E-state index in [2.05, 4.69) is 27.7 Å². The Morgan fingerprint density at radius 1 is 0.941 bits per heavy atom. The van der Waals surface area contributed by atoms with Crippen LogP contribution in [0, 0.1) is 0 Å². The van der Waals surface area contributed by atoms with Gasteiger partial charge in [-0.2, -0.15) is 0 Å². The largest absolute Gasteiger partial charge is 0.466 e. The lowest BCUT2D eigenvalue weighted by Gasteiger charge is -2.26. The standard InChI is InChI=1S/C14H30O2Si/c1-5-9-10-11-12-16-14(15)13-17(6-2,7-3)8-4/h5-13H2,1-4H3. The molecule has 0 saturated heterocycles. The van der Waals surface area contributed by atoms with E-state index in [4.69, 9.17) is 4.74 Å². The third-order valence-electron chi connectivity index (χ3n) is 4.03. The maximum Gasteiger partial charge on any atom is 0.303 e. The molecule has 0 saturated carbocycles. The number of esters is 1. The van der Waals surface area contributed by atoms with Gasteiger partial charge in [-0.05, 0) is 6.42 Å². The normalized spacial score (nSPS) is 11.5. The molecule has 0 bridgehead atoms. The molecule has 0 radical (unpaired) electrons. The van der Waals surface area contributed by atoms with Crippen molar-refractivity contribution in [3.63, 3.8) is 0 Å². The smallest absolute Gasteiger partial charge is 0.303 e. The second kappa shape index (κ2) is 9.69. The Bertz CT molecular complexity index is 192. The Morgan fingerprint density at radius 2 is 1.53 bits per heavy atom. The van der Waals surface area contributed by atoms with Crippen molar-refractivity contribution >= 4 is 14.0 Å². The number of carbonyl (C=O) groups is 1. The summed E-state index contributed by atoms with van der Waals surface area (Å²) in [7, 11) is -1.33. The summed E-state index contributed by atoms with van der Waals surface area (Å²) in [6.07, 6.45) is 4.68. The molecule has 0 spiro atoms. The second-order valence-electron chi connectivity index (χ2n) is 5.02. The minimum absolute atomic E-state index is 0.0544. The van der Waals surface area contributed by atoms with Crippen molar-refractivity contribution in [3.8, 4) is 0 Å². The van der Waals surface area contributed by atoms with Gasteiger partial charge in [0.2, 0.25) is 0 Å². The molecule has 0 aliphatic heterocycles. The fraction of sp³-hybridized carbons (Fsp3) is 0.929. The van der Waals surface area contributed by atoms with Gasteiger partial charge in [0.25, 0.3) is 0 Å². The van der Waals surface area contributed by atoms with Gasteiger partial charge < -0.3 is 4.74 Å². The Kier molecular flexibility index (Phi) is 9.51. The van der Waals surface area contributed by atoms with E-state index in [0.717, 1.165) is 12.5 Å². The van der Waals surface area contributed by atoms with E-state index < -0.39 is 8.07 Å². The lowest BCUT2D eigenvalue weighted by Crippen LogP contribution is -2.34. The van der Waals surface area contributed by atoms with Crippen LogP contribution in [0.15, 0.2) is 0 Å². The molecule has 0 aliphatic carbocycles. The van der Waals surface area contributed by atoms with E-state index in [9.17, 15) is 4.79 Å². The molecule has 0 aliphatic rings. The summed E-state index contributed by atoms with van der Waals surface area (Å²) in [5.41, 5.74) is 0. The SMILES string of the molecule is CCCCCCOC(=O)C[Si](CC)(CC)CC. The molecule has 0 N–H and O–H groups in total. The van der Waals surface area contributed by atoms with E-state index in [0.29, 0.717) is 6.61 Å². The maximum absolute atomic E-state index is 11.8. The summed E-state index contributed by atoms with van der Waals surface area (Å²) >= 11 is 0. The van der Waals surface area contributed by atoms with Crippen LogP contribution in [0.5, 0.6) is 0 Å². The van der Waals surface area contributed by atoms with Gasteiger partial charge in [-0.3, -0.25) is 4.79 Å². The van der Waals surface area contributed by atoms with Crippen LogP contribution in [0.2, 0.25) is 24.2 Å². The van der Waals surface area contributed by atoms with Crippen LogP contribution in [0.25, 0.3) is 0 Å². The Labute approximate surface area is 108 Å². The topological polar surface area (TPSA) is 26.3 Å². The highest BCUT2D eigenvalue weighted by molar-refractivity contribution is 6.82. The zero-order valence-electron chi connectivity index (χ0n) is 12.2. The van der Waals surface area contributed by atoms with E-state index in [1.165, 1.54) is 37.4 Å². The maximum atomic E-state index is 11.8.